The first-order chi connectivity index (χ1) is 13.5. The molecule has 0 aliphatic rings. The van der Waals surface area contributed by atoms with Crippen LogP contribution in [0.25, 0.3) is 0 Å². The van der Waals surface area contributed by atoms with Crippen molar-refractivity contribution < 1.29 is 22.7 Å². The summed E-state index contributed by atoms with van der Waals surface area (Å²) in [6.07, 6.45) is -1.12. The highest BCUT2D eigenvalue weighted by Crippen LogP contribution is 2.18. The van der Waals surface area contributed by atoms with Crippen molar-refractivity contribution in [1.29, 1.82) is 0 Å². The summed E-state index contributed by atoms with van der Waals surface area (Å²) in [5, 5.41) is 0. The van der Waals surface area contributed by atoms with E-state index in [0.717, 1.165) is 22.3 Å². The van der Waals surface area contributed by atoms with Crippen LogP contribution in [0.1, 0.15) is 46.0 Å². The van der Waals surface area contributed by atoms with E-state index < -0.39 is 22.1 Å². The molecule has 6 nitrogen and oxygen atoms in total. The summed E-state index contributed by atoms with van der Waals surface area (Å²) in [4.78, 5) is 24.8. The minimum atomic E-state index is -3.70. The van der Waals surface area contributed by atoms with Gasteiger partial charge in [0.2, 0.25) is 15.8 Å². The average molecular weight is 418 g/mol. The Bertz CT molecular complexity index is 1010. The maximum Gasteiger partial charge on any atom is 0.307 e. The number of sulfonamides is 1. The first kappa shape index (κ1) is 22.8. The van der Waals surface area contributed by atoms with Crippen LogP contribution < -0.4 is 4.72 Å². The van der Waals surface area contributed by atoms with Crippen molar-refractivity contribution in [3.05, 3.63) is 64.2 Å². The van der Waals surface area contributed by atoms with Crippen molar-refractivity contribution in [1.82, 2.24) is 4.72 Å². The van der Waals surface area contributed by atoms with Crippen molar-refractivity contribution in [3.8, 4) is 0 Å². The summed E-state index contributed by atoms with van der Waals surface area (Å²) < 4.78 is 32.0. The fourth-order valence-corrected chi connectivity index (χ4v) is 3.87. The molecule has 0 saturated heterocycles. The van der Waals surface area contributed by atoms with Crippen LogP contribution in [0.15, 0.2) is 41.3 Å². The minimum absolute atomic E-state index is 0.112. The lowest BCUT2D eigenvalue weighted by Crippen LogP contribution is -2.29. The lowest BCUT2D eigenvalue weighted by Gasteiger charge is -2.15. The molecule has 7 heteroatoms. The van der Waals surface area contributed by atoms with Gasteiger partial charge in [-0.25, -0.2) is 13.1 Å². The number of Topliss-reactive ketones (excluding diaryl/α,β-unsaturated/α-hetero) is 1. The Morgan fingerprint density at radius 1 is 0.966 bits per heavy atom. The van der Waals surface area contributed by atoms with Gasteiger partial charge in [0.1, 0.15) is 0 Å². The second-order valence-corrected chi connectivity index (χ2v) is 8.98. The molecule has 0 bridgehead atoms. The zero-order valence-electron chi connectivity index (χ0n) is 17.4. The molecule has 2 aromatic carbocycles. The Hall–Kier alpha value is -2.51. The fraction of sp³-hybridized carbons (Fsp3) is 0.364. The summed E-state index contributed by atoms with van der Waals surface area (Å²) in [6.45, 7) is 9.00. The lowest BCUT2D eigenvalue weighted by atomic mass is 9.96. The molecular formula is C22H27NO5S. The first-order valence-corrected chi connectivity index (χ1v) is 10.9. The number of hydrogen-bond donors (Lipinski definition) is 1. The molecule has 0 fully saturated rings. The summed E-state index contributed by atoms with van der Waals surface area (Å²) in [7, 11) is -3.70. The van der Waals surface area contributed by atoms with Crippen LogP contribution in [0.3, 0.4) is 0 Å². The third kappa shape index (κ3) is 5.98. The second-order valence-electron chi connectivity index (χ2n) is 7.21. The molecule has 0 aliphatic carbocycles. The highest BCUT2D eigenvalue weighted by molar-refractivity contribution is 7.89. The predicted octanol–water partition coefficient (Wildman–Crippen LogP) is 3.40. The van der Waals surface area contributed by atoms with Gasteiger partial charge < -0.3 is 4.74 Å². The van der Waals surface area contributed by atoms with E-state index in [1.54, 1.807) is 18.2 Å². The number of nitrogens with one attached hydrogen (secondary N) is 1. The quantitative estimate of drug-likeness (QED) is 0.525. The Kier molecular flexibility index (Phi) is 7.32. The van der Waals surface area contributed by atoms with Crippen LogP contribution in [0, 0.1) is 27.7 Å². The number of carbonyl (C=O) groups is 2. The number of ketones is 1. The van der Waals surface area contributed by atoms with E-state index in [0.29, 0.717) is 5.56 Å². The molecule has 0 aromatic heterocycles. The van der Waals surface area contributed by atoms with Crippen LogP contribution in [0.5, 0.6) is 0 Å². The highest BCUT2D eigenvalue weighted by Gasteiger charge is 2.22. The second kappa shape index (κ2) is 9.33. The predicted molar refractivity (Wildman–Crippen MR) is 112 cm³/mol. The van der Waals surface area contributed by atoms with Crippen LogP contribution in [-0.4, -0.2) is 32.8 Å². The fourth-order valence-electron chi connectivity index (χ4n) is 2.84. The van der Waals surface area contributed by atoms with E-state index in [1.807, 2.05) is 33.8 Å². The standard InChI is InChI=1S/C22H27NO5S/c1-14-6-8-19(9-7-14)29(26,27)23-11-10-21(24)28-18(5)22(25)20-13-16(3)15(2)12-17(20)4/h6-9,12-13,18,23H,10-11H2,1-5H3. The number of benzene rings is 2. The van der Waals surface area contributed by atoms with Gasteiger partial charge in [0.15, 0.2) is 6.10 Å². The average Bonchev–Trinajstić information content (AvgIpc) is 2.64. The Morgan fingerprint density at radius 2 is 1.55 bits per heavy atom. The molecule has 0 radical (unpaired) electrons. The Labute approximate surface area is 172 Å². The molecule has 0 spiro atoms. The minimum Gasteiger partial charge on any atom is -0.454 e. The monoisotopic (exact) mass is 417 g/mol. The van der Waals surface area contributed by atoms with Crippen LogP contribution in [0.4, 0.5) is 0 Å². The third-order valence-corrected chi connectivity index (χ3v) is 6.21. The Balaban J connectivity index is 1.91. The van der Waals surface area contributed by atoms with Gasteiger partial charge in [-0.2, -0.15) is 0 Å². The molecule has 0 heterocycles. The molecule has 1 N–H and O–H groups in total. The van der Waals surface area contributed by atoms with Crippen LogP contribution in [0.2, 0.25) is 0 Å². The van der Waals surface area contributed by atoms with E-state index in [1.165, 1.54) is 19.1 Å². The van der Waals surface area contributed by atoms with E-state index in [-0.39, 0.29) is 23.6 Å². The smallest absolute Gasteiger partial charge is 0.307 e. The summed E-state index contributed by atoms with van der Waals surface area (Å²) >= 11 is 0. The maximum atomic E-state index is 12.6. The van der Waals surface area contributed by atoms with Crippen molar-refractivity contribution in [2.75, 3.05) is 6.54 Å². The van der Waals surface area contributed by atoms with Gasteiger partial charge in [0, 0.05) is 12.1 Å². The molecule has 2 aromatic rings. The largest absolute Gasteiger partial charge is 0.454 e. The number of ether oxygens (including phenoxy) is 1. The molecule has 1 unspecified atom stereocenters. The molecule has 1 atom stereocenters. The van der Waals surface area contributed by atoms with Gasteiger partial charge in [-0.15, -0.1) is 0 Å². The SMILES string of the molecule is Cc1ccc(S(=O)(=O)NCCC(=O)OC(C)C(=O)c2cc(C)c(C)cc2C)cc1. The summed E-state index contributed by atoms with van der Waals surface area (Å²) in [6, 6.07) is 10.1. The van der Waals surface area contributed by atoms with Gasteiger partial charge in [0.05, 0.1) is 11.3 Å². The van der Waals surface area contributed by atoms with Crippen LogP contribution >= 0.6 is 0 Å². The van der Waals surface area contributed by atoms with Crippen LogP contribution in [-0.2, 0) is 19.6 Å². The van der Waals surface area contributed by atoms with Crippen molar-refractivity contribution >= 4 is 21.8 Å². The molecule has 156 valence electrons. The van der Waals surface area contributed by atoms with Crippen molar-refractivity contribution in [2.45, 2.75) is 52.0 Å². The summed E-state index contributed by atoms with van der Waals surface area (Å²) in [5.41, 5.74) is 4.37. The van der Waals surface area contributed by atoms with E-state index in [4.69, 9.17) is 4.74 Å². The maximum absolute atomic E-state index is 12.6. The first-order valence-electron chi connectivity index (χ1n) is 9.39. The molecular weight excluding hydrogens is 390 g/mol. The number of hydrogen-bond acceptors (Lipinski definition) is 5. The zero-order valence-corrected chi connectivity index (χ0v) is 18.2. The van der Waals surface area contributed by atoms with E-state index in [9.17, 15) is 18.0 Å². The van der Waals surface area contributed by atoms with Gasteiger partial charge in [-0.3, -0.25) is 9.59 Å². The molecule has 0 saturated carbocycles. The highest BCUT2D eigenvalue weighted by atomic mass is 32.2. The molecule has 0 amide bonds. The Morgan fingerprint density at radius 3 is 2.17 bits per heavy atom. The molecule has 0 aliphatic heterocycles. The van der Waals surface area contributed by atoms with Gasteiger partial charge in [0.25, 0.3) is 0 Å². The number of rotatable bonds is 8. The van der Waals surface area contributed by atoms with Crippen molar-refractivity contribution in [2.24, 2.45) is 0 Å². The van der Waals surface area contributed by atoms with Gasteiger partial charge in [-0.05, 0) is 69.5 Å². The molecule has 2 rings (SSSR count). The van der Waals surface area contributed by atoms with E-state index >= 15 is 0 Å². The number of esters is 1. The topological polar surface area (TPSA) is 89.5 Å². The van der Waals surface area contributed by atoms with Gasteiger partial charge in [-0.1, -0.05) is 23.8 Å². The molecule has 29 heavy (non-hydrogen) atoms. The lowest BCUT2D eigenvalue weighted by molar-refractivity contribution is -0.146. The third-order valence-electron chi connectivity index (χ3n) is 4.74. The van der Waals surface area contributed by atoms with E-state index in [2.05, 4.69) is 4.72 Å². The number of aryl methyl sites for hydroxylation is 4. The van der Waals surface area contributed by atoms with Crippen molar-refractivity contribution in [3.63, 3.8) is 0 Å². The zero-order chi connectivity index (χ0) is 21.8. The normalized spacial score (nSPS) is 12.4. The summed E-state index contributed by atoms with van der Waals surface area (Å²) in [5.74, 6) is -0.918. The number of carbonyl (C=O) groups excluding carboxylic acids is 2. The van der Waals surface area contributed by atoms with Gasteiger partial charge >= 0.3 is 5.97 Å².